The maximum atomic E-state index is 12.9. The summed E-state index contributed by atoms with van der Waals surface area (Å²) in [6.45, 7) is 4.51. The Morgan fingerprint density at radius 1 is 1.14 bits per heavy atom. The number of hydrogen-bond acceptors (Lipinski definition) is 5. The number of aliphatic hydroxyl groups is 1. The number of rotatable bonds is 6. The Morgan fingerprint density at radius 2 is 1.83 bits per heavy atom. The number of pyridine rings is 1. The standard InChI is InChI=1S/C26H31F3N4O3/c1-16-3-5-18(26(27,28)29)11-22(16)24(35)31-13-23(34)32-20-14-33(15-20)21-7-9-25(36,10-8-21)19-6-4-17(2)30-12-19/h3-6,11-12,20-21,36H,7-10,13-15H2,1-2H3,(H,31,35)(H,32,34)/t21-,25-. The van der Waals surface area contributed by atoms with Gasteiger partial charge in [-0.1, -0.05) is 12.1 Å². The molecular formula is C26H31F3N4O3. The Balaban J connectivity index is 1.20. The molecule has 36 heavy (non-hydrogen) atoms. The molecule has 1 aromatic carbocycles. The third kappa shape index (κ3) is 5.87. The molecule has 2 heterocycles. The van der Waals surface area contributed by atoms with Gasteiger partial charge in [0.25, 0.3) is 5.91 Å². The van der Waals surface area contributed by atoms with E-state index in [1.807, 2.05) is 19.1 Å². The summed E-state index contributed by atoms with van der Waals surface area (Å²) >= 11 is 0. The van der Waals surface area contributed by atoms with Gasteiger partial charge in [0.05, 0.1) is 23.8 Å². The van der Waals surface area contributed by atoms with E-state index in [0.29, 0.717) is 37.5 Å². The zero-order valence-corrected chi connectivity index (χ0v) is 20.4. The summed E-state index contributed by atoms with van der Waals surface area (Å²) in [6, 6.07) is 7.09. The average molecular weight is 505 g/mol. The lowest BCUT2D eigenvalue weighted by Gasteiger charge is -2.48. The molecule has 3 N–H and O–H groups in total. The topological polar surface area (TPSA) is 94.6 Å². The number of likely N-dealkylation sites (tertiary alicyclic amines) is 1. The maximum Gasteiger partial charge on any atom is 0.416 e. The highest BCUT2D eigenvalue weighted by molar-refractivity contribution is 5.97. The van der Waals surface area contributed by atoms with Crippen LogP contribution in [0.2, 0.25) is 0 Å². The van der Waals surface area contributed by atoms with E-state index in [-0.39, 0.29) is 24.1 Å². The van der Waals surface area contributed by atoms with E-state index in [1.54, 1.807) is 13.1 Å². The molecule has 0 atom stereocenters. The minimum absolute atomic E-state index is 0.0493. The maximum absolute atomic E-state index is 12.9. The van der Waals surface area contributed by atoms with Crippen LogP contribution in [0.15, 0.2) is 36.5 Å². The molecule has 1 aromatic heterocycles. The van der Waals surface area contributed by atoms with Crippen molar-refractivity contribution in [1.29, 1.82) is 0 Å². The fourth-order valence-corrected chi connectivity index (χ4v) is 4.96. The number of carbonyl (C=O) groups is 2. The predicted molar refractivity (Wildman–Crippen MR) is 127 cm³/mol. The number of aromatic nitrogens is 1. The molecule has 2 amide bonds. The SMILES string of the molecule is Cc1ccc([C@]2(O)CC[C@H](N3CC(NC(=O)CNC(=O)c4cc(C(F)(F)F)ccc4C)C3)CC2)cn1. The van der Waals surface area contributed by atoms with Crippen LogP contribution in [0, 0.1) is 13.8 Å². The van der Waals surface area contributed by atoms with Gasteiger partial charge in [0.1, 0.15) is 0 Å². The van der Waals surface area contributed by atoms with Crippen molar-refractivity contribution in [3.8, 4) is 0 Å². The Labute approximate surface area is 208 Å². The van der Waals surface area contributed by atoms with Crippen molar-refractivity contribution in [1.82, 2.24) is 20.5 Å². The summed E-state index contributed by atoms with van der Waals surface area (Å²) in [5.74, 6) is -1.11. The summed E-state index contributed by atoms with van der Waals surface area (Å²) in [4.78, 5) is 31.2. The first-order valence-electron chi connectivity index (χ1n) is 12.1. The first-order chi connectivity index (χ1) is 16.9. The van der Waals surface area contributed by atoms with E-state index in [2.05, 4.69) is 20.5 Å². The number of nitrogens with one attached hydrogen (secondary N) is 2. The van der Waals surface area contributed by atoms with Crippen LogP contribution in [0.3, 0.4) is 0 Å². The van der Waals surface area contributed by atoms with Crippen LogP contribution in [0.4, 0.5) is 13.2 Å². The fraction of sp³-hybridized carbons (Fsp3) is 0.500. The summed E-state index contributed by atoms with van der Waals surface area (Å²) in [5.41, 5.74) is 0.289. The molecule has 1 aliphatic heterocycles. The van der Waals surface area contributed by atoms with Crippen LogP contribution in [-0.2, 0) is 16.6 Å². The van der Waals surface area contributed by atoms with Gasteiger partial charge in [-0.2, -0.15) is 13.2 Å². The first kappa shape index (κ1) is 26.1. The van der Waals surface area contributed by atoms with Gasteiger partial charge < -0.3 is 15.7 Å². The average Bonchev–Trinajstić information content (AvgIpc) is 2.80. The normalized spacial score (nSPS) is 23.1. The van der Waals surface area contributed by atoms with Gasteiger partial charge in [-0.15, -0.1) is 0 Å². The quantitative estimate of drug-likeness (QED) is 0.562. The zero-order valence-electron chi connectivity index (χ0n) is 20.4. The largest absolute Gasteiger partial charge is 0.416 e. The molecule has 4 rings (SSSR count). The number of nitrogens with zero attached hydrogens (tertiary/aromatic N) is 2. The highest BCUT2D eigenvalue weighted by atomic mass is 19.4. The second kappa shape index (κ2) is 10.2. The molecule has 2 fully saturated rings. The highest BCUT2D eigenvalue weighted by Crippen LogP contribution is 2.39. The summed E-state index contributed by atoms with van der Waals surface area (Å²) in [5, 5.41) is 16.3. The van der Waals surface area contributed by atoms with Crippen molar-refractivity contribution < 1.29 is 27.9 Å². The molecular weight excluding hydrogens is 473 g/mol. The number of amides is 2. The summed E-state index contributed by atoms with van der Waals surface area (Å²) in [7, 11) is 0. The molecule has 7 nitrogen and oxygen atoms in total. The lowest BCUT2D eigenvalue weighted by atomic mass is 9.77. The summed E-state index contributed by atoms with van der Waals surface area (Å²) < 4.78 is 38.8. The van der Waals surface area contributed by atoms with Crippen molar-refractivity contribution >= 4 is 11.8 Å². The second-order valence-electron chi connectivity index (χ2n) is 9.88. The molecule has 0 unspecified atom stereocenters. The number of halogens is 3. The van der Waals surface area contributed by atoms with Crippen molar-refractivity contribution in [2.75, 3.05) is 19.6 Å². The van der Waals surface area contributed by atoms with Crippen molar-refractivity contribution in [2.24, 2.45) is 0 Å². The Morgan fingerprint density at radius 3 is 2.44 bits per heavy atom. The Hall–Kier alpha value is -2.98. The van der Waals surface area contributed by atoms with Gasteiger partial charge in [-0.25, -0.2) is 0 Å². The Kier molecular flexibility index (Phi) is 7.38. The molecule has 0 bridgehead atoms. The minimum Gasteiger partial charge on any atom is -0.385 e. The number of hydrogen-bond donors (Lipinski definition) is 3. The van der Waals surface area contributed by atoms with E-state index in [0.717, 1.165) is 36.2 Å². The number of alkyl halides is 3. The second-order valence-corrected chi connectivity index (χ2v) is 9.88. The molecule has 0 spiro atoms. The fourth-order valence-electron chi connectivity index (χ4n) is 4.96. The van der Waals surface area contributed by atoms with Gasteiger partial charge >= 0.3 is 6.18 Å². The van der Waals surface area contributed by atoms with Crippen molar-refractivity contribution in [2.45, 2.75) is 63.4 Å². The number of benzene rings is 1. The van der Waals surface area contributed by atoms with Crippen LogP contribution in [0.1, 0.15) is 58.4 Å². The van der Waals surface area contributed by atoms with Gasteiger partial charge in [0.2, 0.25) is 5.91 Å². The van der Waals surface area contributed by atoms with Crippen molar-refractivity contribution in [3.05, 3.63) is 64.5 Å². The van der Waals surface area contributed by atoms with Crippen LogP contribution < -0.4 is 10.6 Å². The van der Waals surface area contributed by atoms with E-state index >= 15 is 0 Å². The predicted octanol–water partition coefficient (Wildman–Crippen LogP) is 3.08. The molecule has 10 heteroatoms. The van der Waals surface area contributed by atoms with Gasteiger partial charge in [-0.3, -0.25) is 19.5 Å². The number of aryl methyl sites for hydroxylation is 2. The van der Waals surface area contributed by atoms with Crippen LogP contribution in [-0.4, -0.2) is 58.5 Å². The van der Waals surface area contributed by atoms with E-state index in [1.165, 1.54) is 6.07 Å². The molecule has 0 radical (unpaired) electrons. The molecule has 2 aromatic rings. The molecule has 194 valence electrons. The van der Waals surface area contributed by atoms with Crippen LogP contribution >= 0.6 is 0 Å². The van der Waals surface area contributed by atoms with E-state index < -0.39 is 23.2 Å². The first-order valence-corrected chi connectivity index (χ1v) is 12.1. The Bertz CT molecular complexity index is 1110. The molecule has 1 aliphatic carbocycles. The summed E-state index contributed by atoms with van der Waals surface area (Å²) in [6.07, 6.45) is 0.186. The van der Waals surface area contributed by atoms with Gasteiger partial charge in [0, 0.05) is 42.1 Å². The molecule has 1 saturated carbocycles. The van der Waals surface area contributed by atoms with E-state index in [9.17, 15) is 27.9 Å². The monoisotopic (exact) mass is 504 g/mol. The minimum atomic E-state index is -4.55. The smallest absolute Gasteiger partial charge is 0.385 e. The lowest BCUT2D eigenvalue weighted by Crippen LogP contribution is -2.63. The van der Waals surface area contributed by atoms with Crippen LogP contribution in [0.25, 0.3) is 0 Å². The van der Waals surface area contributed by atoms with Gasteiger partial charge in [0.15, 0.2) is 0 Å². The molecule has 2 aliphatic rings. The van der Waals surface area contributed by atoms with Crippen molar-refractivity contribution in [3.63, 3.8) is 0 Å². The number of carbonyl (C=O) groups excluding carboxylic acids is 2. The lowest BCUT2D eigenvalue weighted by molar-refractivity contribution is -0.137. The van der Waals surface area contributed by atoms with Gasteiger partial charge in [-0.05, 0) is 63.3 Å². The zero-order chi connectivity index (χ0) is 26.1. The highest BCUT2D eigenvalue weighted by Gasteiger charge is 2.40. The van der Waals surface area contributed by atoms with E-state index in [4.69, 9.17) is 0 Å². The third-order valence-electron chi connectivity index (χ3n) is 7.24. The van der Waals surface area contributed by atoms with Crippen LogP contribution in [0.5, 0.6) is 0 Å². The molecule has 1 saturated heterocycles. The third-order valence-corrected chi connectivity index (χ3v) is 7.24.